The van der Waals surface area contributed by atoms with E-state index in [1.165, 1.54) is 22.3 Å². The topological polar surface area (TPSA) is 95.6 Å². The Kier molecular flexibility index (Phi) is 6.24. The molecule has 0 radical (unpaired) electrons. The maximum absolute atomic E-state index is 14.6. The molecule has 174 valence electrons. The van der Waals surface area contributed by atoms with Crippen molar-refractivity contribution in [2.24, 2.45) is 0 Å². The first-order valence-corrected chi connectivity index (χ1v) is 11.5. The highest BCUT2D eigenvalue weighted by atomic mass is 35.5. The first-order chi connectivity index (χ1) is 15.6. The maximum atomic E-state index is 14.6. The smallest absolute Gasteiger partial charge is 0.346 e. The monoisotopic (exact) mass is 495 g/mol. The number of amides is 4. The predicted molar refractivity (Wildman–Crippen MR) is 117 cm³/mol. The van der Waals surface area contributed by atoms with Crippen molar-refractivity contribution in [3.63, 3.8) is 0 Å². The van der Waals surface area contributed by atoms with Crippen LogP contribution in [0.4, 0.5) is 8.78 Å². The molecule has 1 aromatic heterocycles. The number of alkyl halides is 2. The van der Waals surface area contributed by atoms with E-state index in [1.54, 1.807) is 12.3 Å². The molecule has 1 aromatic carbocycles. The van der Waals surface area contributed by atoms with Crippen molar-refractivity contribution in [2.75, 3.05) is 0 Å². The number of halogens is 3. The minimum atomic E-state index is -3.79. The van der Waals surface area contributed by atoms with E-state index in [2.05, 4.69) is 10.6 Å². The summed E-state index contributed by atoms with van der Waals surface area (Å²) in [5.74, 6) is -6.52. The van der Waals surface area contributed by atoms with Crippen molar-refractivity contribution in [1.29, 1.82) is 0 Å². The number of carbonyl (C=O) groups excluding carboxylic acids is 4. The van der Waals surface area contributed by atoms with Gasteiger partial charge in [-0.05, 0) is 37.0 Å². The van der Waals surface area contributed by atoms with Crippen LogP contribution in [0.3, 0.4) is 0 Å². The fourth-order valence-electron chi connectivity index (χ4n) is 3.93. The van der Waals surface area contributed by atoms with Crippen LogP contribution in [-0.4, -0.2) is 34.6 Å². The van der Waals surface area contributed by atoms with Crippen molar-refractivity contribution in [3.8, 4) is 0 Å². The number of rotatable bonds is 5. The summed E-state index contributed by atoms with van der Waals surface area (Å²) in [5.41, 5.74) is 1.08. The summed E-state index contributed by atoms with van der Waals surface area (Å²) in [4.78, 5) is 51.0. The van der Waals surface area contributed by atoms with Crippen molar-refractivity contribution in [1.82, 2.24) is 15.5 Å². The van der Waals surface area contributed by atoms with Gasteiger partial charge in [0.25, 0.3) is 11.8 Å². The summed E-state index contributed by atoms with van der Waals surface area (Å²) >= 11 is 7.10. The normalized spacial score (nSPS) is 18.7. The molecule has 3 heterocycles. The van der Waals surface area contributed by atoms with E-state index < -0.39 is 29.3 Å². The Balaban J connectivity index is 1.46. The Hall–Kier alpha value is -2.85. The summed E-state index contributed by atoms with van der Waals surface area (Å²) in [6.07, 6.45) is 1.04. The third kappa shape index (κ3) is 4.37. The molecule has 4 amide bonds. The van der Waals surface area contributed by atoms with Gasteiger partial charge in [0.15, 0.2) is 0 Å². The number of nitrogens with one attached hydrogen (secondary N) is 2. The number of imide groups is 1. The molecule has 0 aliphatic carbocycles. The largest absolute Gasteiger partial charge is 0.349 e. The third-order valence-electron chi connectivity index (χ3n) is 5.85. The molecular formula is C22H20ClF2N3O4S. The van der Waals surface area contributed by atoms with Gasteiger partial charge in [-0.25, -0.2) is 0 Å². The maximum Gasteiger partial charge on any atom is 0.349 e. The van der Waals surface area contributed by atoms with Gasteiger partial charge in [0.1, 0.15) is 6.04 Å². The van der Waals surface area contributed by atoms with Gasteiger partial charge in [0.05, 0.1) is 12.1 Å². The lowest BCUT2D eigenvalue weighted by atomic mass is 10.1. The van der Waals surface area contributed by atoms with E-state index in [0.717, 1.165) is 12.1 Å². The van der Waals surface area contributed by atoms with E-state index in [1.807, 2.05) is 0 Å². The number of hydrogen-bond donors (Lipinski definition) is 2. The number of aryl methyl sites for hydroxylation is 1. The van der Waals surface area contributed by atoms with Gasteiger partial charge in [0.2, 0.25) is 11.8 Å². The summed E-state index contributed by atoms with van der Waals surface area (Å²) in [6.45, 7) is 1.59. The average molecular weight is 496 g/mol. The first kappa shape index (κ1) is 23.3. The second-order valence-electron chi connectivity index (χ2n) is 8.03. The van der Waals surface area contributed by atoms with Crippen LogP contribution in [-0.2, 0) is 33.4 Å². The van der Waals surface area contributed by atoms with Crippen LogP contribution in [0.1, 0.15) is 51.2 Å². The third-order valence-corrected chi connectivity index (χ3v) is 7.29. The van der Waals surface area contributed by atoms with Crippen molar-refractivity contribution < 1.29 is 28.0 Å². The van der Waals surface area contributed by atoms with Crippen molar-refractivity contribution >= 4 is 46.6 Å². The van der Waals surface area contributed by atoms with Gasteiger partial charge < -0.3 is 10.2 Å². The molecule has 11 heteroatoms. The highest BCUT2D eigenvalue weighted by Crippen LogP contribution is 2.35. The van der Waals surface area contributed by atoms with Gasteiger partial charge in [-0.1, -0.05) is 23.7 Å². The molecule has 1 fully saturated rings. The molecule has 33 heavy (non-hydrogen) atoms. The fourth-order valence-corrected chi connectivity index (χ4v) is 5.09. The van der Waals surface area contributed by atoms with E-state index in [0.29, 0.717) is 34.4 Å². The number of benzene rings is 1. The number of carbonyl (C=O) groups is 4. The first-order valence-electron chi connectivity index (χ1n) is 10.3. The lowest BCUT2D eigenvalue weighted by Crippen LogP contribution is -2.47. The summed E-state index contributed by atoms with van der Waals surface area (Å²) < 4.78 is 29.3. The van der Waals surface area contributed by atoms with Crippen molar-refractivity contribution in [3.05, 3.63) is 55.7 Å². The molecule has 2 N–H and O–H groups in total. The molecular weight excluding hydrogens is 476 g/mol. The molecule has 4 rings (SSSR count). The minimum absolute atomic E-state index is 0.110. The van der Waals surface area contributed by atoms with Gasteiger partial charge in [-0.3, -0.25) is 24.5 Å². The Morgan fingerprint density at radius 2 is 2.09 bits per heavy atom. The zero-order valence-corrected chi connectivity index (χ0v) is 19.1. The lowest BCUT2D eigenvalue weighted by molar-refractivity contribution is -0.147. The average Bonchev–Trinajstić information content (AvgIpc) is 3.25. The summed E-state index contributed by atoms with van der Waals surface area (Å²) in [6, 6.07) is 2.86. The van der Waals surface area contributed by atoms with Crippen molar-refractivity contribution in [2.45, 2.75) is 51.2 Å². The van der Waals surface area contributed by atoms with Crippen LogP contribution < -0.4 is 10.6 Å². The van der Waals surface area contributed by atoms with Gasteiger partial charge in [-0.15, -0.1) is 11.3 Å². The summed E-state index contributed by atoms with van der Waals surface area (Å²) in [5, 5.41) is 6.26. The second-order valence-corrected chi connectivity index (χ2v) is 9.40. The molecule has 2 aliphatic heterocycles. The van der Waals surface area contributed by atoms with Crippen LogP contribution in [0.25, 0.3) is 0 Å². The highest BCUT2D eigenvalue weighted by molar-refractivity contribution is 7.10. The molecule has 1 unspecified atom stereocenters. The Morgan fingerprint density at radius 1 is 1.33 bits per heavy atom. The number of thiophene rings is 1. The van der Waals surface area contributed by atoms with E-state index in [4.69, 9.17) is 11.6 Å². The molecule has 0 saturated carbocycles. The molecule has 1 saturated heterocycles. The van der Waals surface area contributed by atoms with Crippen LogP contribution in [0.2, 0.25) is 5.02 Å². The quantitative estimate of drug-likeness (QED) is 0.622. The van der Waals surface area contributed by atoms with Crippen LogP contribution in [0, 0.1) is 6.92 Å². The van der Waals surface area contributed by atoms with E-state index in [9.17, 15) is 28.0 Å². The SMILES string of the molecule is Cc1ccc(C(F)(F)C(=O)NCc2scc3c2CN(C2CCCC(=O)NC2=O)C3=O)cc1Cl. The standard InChI is InChI=1S/C22H20ClF2N3O4S/c1-11-5-6-12(7-15(11)23)22(24,25)21(32)26-8-17-13-9-28(20(31)14(13)10-33-17)16-3-2-4-18(29)27-19(16)30/h5-7,10,16H,2-4,8-9H2,1H3,(H,26,32)(H,27,29,30). The molecule has 1 atom stereocenters. The molecule has 2 aromatic rings. The van der Waals surface area contributed by atoms with E-state index in [-0.39, 0.29) is 36.3 Å². The zero-order valence-electron chi connectivity index (χ0n) is 17.5. The molecule has 2 aliphatic rings. The number of fused-ring (bicyclic) bond motifs is 1. The minimum Gasteiger partial charge on any atom is -0.346 e. The lowest BCUT2D eigenvalue weighted by Gasteiger charge is -2.25. The molecule has 7 nitrogen and oxygen atoms in total. The molecule has 0 spiro atoms. The van der Waals surface area contributed by atoms with Gasteiger partial charge in [-0.2, -0.15) is 8.78 Å². The number of nitrogens with zero attached hydrogens (tertiary/aromatic N) is 1. The van der Waals surface area contributed by atoms with Crippen LogP contribution in [0.5, 0.6) is 0 Å². The molecule has 0 bridgehead atoms. The van der Waals surface area contributed by atoms with Crippen LogP contribution in [0.15, 0.2) is 23.6 Å². The van der Waals surface area contributed by atoms with Gasteiger partial charge in [0, 0.05) is 33.8 Å². The highest BCUT2D eigenvalue weighted by Gasteiger charge is 2.42. The Labute approximate surface area is 197 Å². The Bertz CT molecular complexity index is 1170. The van der Waals surface area contributed by atoms with Crippen LogP contribution >= 0.6 is 22.9 Å². The zero-order chi connectivity index (χ0) is 23.9. The Morgan fingerprint density at radius 3 is 2.82 bits per heavy atom. The fraction of sp³-hybridized carbons (Fsp3) is 0.364. The predicted octanol–water partition coefficient (Wildman–Crippen LogP) is 3.27. The van der Waals surface area contributed by atoms with Gasteiger partial charge >= 0.3 is 5.92 Å². The van der Waals surface area contributed by atoms with E-state index >= 15 is 0 Å². The summed E-state index contributed by atoms with van der Waals surface area (Å²) in [7, 11) is 0. The second kappa shape index (κ2) is 8.83. The number of hydrogen-bond acceptors (Lipinski definition) is 5.